The van der Waals surface area contributed by atoms with E-state index in [1.807, 2.05) is 54.4 Å². The number of aryl methyl sites for hydroxylation is 1. The fourth-order valence-corrected chi connectivity index (χ4v) is 5.30. The van der Waals surface area contributed by atoms with E-state index in [1.165, 1.54) is 19.3 Å². The molecule has 1 fully saturated rings. The van der Waals surface area contributed by atoms with Crippen molar-refractivity contribution in [2.45, 2.75) is 76.8 Å². The number of hydrogen-bond acceptors (Lipinski definition) is 3. The molecular weight excluding hydrogens is 472 g/mol. The summed E-state index contributed by atoms with van der Waals surface area (Å²) in [5, 5.41) is 3.62. The first-order valence-electron chi connectivity index (χ1n) is 13.2. The summed E-state index contributed by atoms with van der Waals surface area (Å²) < 4.78 is 2.10. The van der Waals surface area contributed by atoms with Crippen LogP contribution in [-0.2, 0) is 29.0 Å². The molecule has 0 unspecified atom stereocenters. The van der Waals surface area contributed by atoms with Crippen molar-refractivity contribution < 1.29 is 9.59 Å². The largest absolute Gasteiger partial charge is 0.356 e. The number of likely N-dealkylation sites (N-methyl/N-ethyl adjacent to an activating group) is 1. The van der Waals surface area contributed by atoms with Crippen molar-refractivity contribution in [2.24, 2.45) is 0 Å². The second-order valence-electron chi connectivity index (χ2n) is 9.83. The summed E-state index contributed by atoms with van der Waals surface area (Å²) in [6.07, 6.45) is 9.85. The lowest BCUT2D eigenvalue weighted by Crippen LogP contribution is -2.40. The first-order valence-corrected chi connectivity index (χ1v) is 13.6. The van der Waals surface area contributed by atoms with Crippen LogP contribution in [0.5, 0.6) is 0 Å². The fraction of sp³-hybridized carbons (Fsp3) is 0.483. The van der Waals surface area contributed by atoms with E-state index in [0.29, 0.717) is 30.6 Å². The Balaban J connectivity index is 1.27. The number of imidazole rings is 1. The van der Waals surface area contributed by atoms with E-state index >= 15 is 0 Å². The molecule has 1 N–H and O–H groups in total. The zero-order valence-electron chi connectivity index (χ0n) is 21.2. The molecule has 1 heterocycles. The van der Waals surface area contributed by atoms with Gasteiger partial charge in [-0.1, -0.05) is 67.6 Å². The highest BCUT2D eigenvalue weighted by Gasteiger charge is 2.23. The van der Waals surface area contributed by atoms with Gasteiger partial charge in [-0.05, 0) is 49.4 Å². The summed E-state index contributed by atoms with van der Waals surface area (Å²) in [6.45, 7) is 0.978. The average Bonchev–Trinajstić information content (AvgIpc) is 3.24. The van der Waals surface area contributed by atoms with Gasteiger partial charge in [0.2, 0.25) is 11.8 Å². The quantitative estimate of drug-likeness (QED) is 0.345. The molecule has 2 amide bonds. The molecule has 1 aliphatic rings. The predicted molar refractivity (Wildman–Crippen MR) is 145 cm³/mol. The number of unbranched alkanes of at least 4 members (excludes halogenated alkanes) is 2. The highest BCUT2D eigenvalue weighted by Crippen LogP contribution is 2.23. The molecular formula is C29H37ClN4O2. The van der Waals surface area contributed by atoms with Crippen LogP contribution in [0.25, 0.3) is 11.0 Å². The van der Waals surface area contributed by atoms with Gasteiger partial charge in [-0.3, -0.25) is 9.59 Å². The minimum Gasteiger partial charge on any atom is -0.356 e. The van der Waals surface area contributed by atoms with Crippen molar-refractivity contribution in [1.82, 2.24) is 19.8 Å². The number of aromatic nitrogens is 2. The minimum atomic E-state index is -0.00880. The van der Waals surface area contributed by atoms with Crippen LogP contribution in [0.2, 0.25) is 5.02 Å². The number of nitrogens with one attached hydrogen (secondary N) is 1. The number of nitrogens with zero attached hydrogens (tertiary/aromatic N) is 3. The second kappa shape index (κ2) is 12.9. The monoisotopic (exact) mass is 508 g/mol. The van der Waals surface area contributed by atoms with Crippen LogP contribution in [0.15, 0.2) is 48.5 Å². The minimum absolute atomic E-state index is 0.00880. The molecule has 1 aliphatic carbocycles. The molecule has 6 nitrogen and oxygen atoms in total. The zero-order chi connectivity index (χ0) is 25.3. The Morgan fingerprint density at radius 2 is 1.78 bits per heavy atom. The van der Waals surface area contributed by atoms with E-state index < -0.39 is 0 Å². The maximum Gasteiger partial charge on any atom is 0.242 e. The van der Waals surface area contributed by atoms with Gasteiger partial charge in [0.25, 0.3) is 0 Å². The lowest BCUT2D eigenvalue weighted by molar-refractivity contribution is -0.133. The molecule has 0 aliphatic heterocycles. The number of halogens is 1. The van der Waals surface area contributed by atoms with Crippen LogP contribution in [0.4, 0.5) is 0 Å². The average molecular weight is 509 g/mol. The van der Waals surface area contributed by atoms with Gasteiger partial charge in [0, 0.05) is 31.1 Å². The molecule has 0 radical (unpaired) electrons. The van der Waals surface area contributed by atoms with Crippen molar-refractivity contribution in [3.63, 3.8) is 0 Å². The molecule has 0 saturated heterocycles. The maximum atomic E-state index is 13.2. The van der Waals surface area contributed by atoms with Crippen molar-refractivity contribution in [2.75, 3.05) is 13.6 Å². The number of hydrogen-bond donors (Lipinski definition) is 1. The molecule has 1 aromatic heterocycles. The van der Waals surface area contributed by atoms with Gasteiger partial charge in [-0.25, -0.2) is 4.98 Å². The van der Waals surface area contributed by atoms with Gasteiger partial charge in [0.15, 0.2) is 0 Å². The number of amides is 2. The lowest BCUT2D eigenvalue weighted by Gasteiger charge is -2.31. The van der Waals surface area contributed by atoms with E-state index in [4.69, 9.17) is 16.6 Å². The van der Waals surface area contributed by atoms with Crippen LogP contribution in [0.3, 0.4) is 0 Å². The molecule has 7 heteroatoms. The number of carbonyl (C=O) groups is 2. The predicted octanol–water partition coefficient (Wildman–Crippen LogP) is 5.55. The van der Waals surface area contributed by atoms with E-state index in [9.17, 15) is 9.59 Å². The van der Waals surface area contributed by atoms with Crippen LogP contribution >= 0.6 is 11.6 Å². The number of rotatable bonds is 11. The standard InChI is InChI=1S/C29H37ClN4O2/c1-33(23-13-4-2-5-14-23)29(36)21-34-26-17-10-9-16-25(26)32-27(34)18-6-3-11-19-31-28(35)20-22-12-7-8-15-24(22)30/h7-10,12,15-17,23H,2-6,11,13-14,18-21H2,1H3,(H,31,35). The highest BCUT2D eigenvalue weighted by atomic mass is 35.5. The normalized spacial score (nSPS) is 14.2. The third-order valence-corrected chi connectivity index (χ3v) is 7.62. The van der Waals surface area contributed by atoms with Gasteiger partial charge >= 0.3 is 0 Å². The first kappa shape index (κ1) is 26.2. The Morgan fingerprint density at radius 3 is 2.58 bits per heavy atom. The second-order valence-corrected chi connectivity index (χ2v) is 10.2. The van der Waals surface area contributed by atoms with Crippen molar-refractivity contribution in [3.05, 3.63) is 64.9 Å². The summed E-state index contributed by atoms with van der Waals surface area (Å²) in [7, 11) is 1.96. The first-order chi connectivity index (χ1) is 17.5. The van der Waals surface area contributed by atoms with Gasteiger partial charge < -0.3 is 14.8 Å². The Hall–Kier alpha value is -2.86. The van der Waals surface area contributed by atoms with E-state index in [1.54, 1.807) is 6.07 Å². The number of fused-ring (bicyclic) bond motifs is 1. The molecule has 1 saturated carbocycles. The van der Waals surface area contributed by atoms with Crippen LogP contribution in [0, 0.1) is 0 Å². The van der Waals surface area contributed by atoms with Gasteiger partial charge in [0.1, 0.15) is 12.4 Å². The Kier molecular flexibility index (Phi) is 9.40. The lowest BCUT2D eigenvalue weighted by atomic mass is 9.94. The third kappa shape index (κ3) is 6.88. The van der Waals surface area contributed by atoms with Crippen LogP contribution in [-0.4, -0.2) is 45.9 Å². The SMILES string of the molecule is CN(C(=O)Cn1c(CCCCCNC(=O)Cc2ccccc2Cl)nc2ccccc21)C1CCCCC1. The van der Waals surface area contributed by atoms with Crippen molar-refractivity contribution in [1.29, 1.82) is 0 Å². The van der Waals surface area contributed by atoms with Gasteiger partial charge in [0.05, 0.1) is 17.5 Å². The van der Waals surface area contributed by atoms with Crippen LogP contribution in [0.1, 0.15) is 62.8 Å². The number of para-hydroxylation sites is 2. The molecule has 0 bridgehead atoms. The topological polar surface area (TPSA) is 67.2 Å². The van der Waals surface area contributed by atoms with Gasteiger partial charge in [-0.2, -0.15) is 0 Å². The summed E-state index contributed by atoms with van der Waals surface area (Å²) in [5.41, 5.74) is 2.80. The Labute approximate surface area is 219 Å². The highest BCUT2D eigenvalue weighted by molar-refractivity contribution is 6.31. The Bertz CT molecular complexity index is 1170. The van der Waals surface area contributed by atoms with E-state index in [0.717, 1.165) is 60.9 Å². The molecule has 2 aromatic carbocycles. The molecule has 3 aromatic rings. The van der Waals surface area contributed by atoms with Crippen molar-refractivity contribution >= 4 is 34.4 Å². The fourth-order valence-electron chi connectivity index (χ4n) is 5.10. The summed E-state index contributed by atoms with van der Waals surface area (Å²) >= 11 is 6.15. The van der Waals surface area contributed by atoms with Gasteiger partial charge in [-0.15, -0.1) is 0 Å². The van der Waals surface area contributed by atoms with E-state index in [2.05, 4.69) is 9.88 Å². The molecule has 0 spiro atoms. The number of carbonyl (C=O) groups excluding carboxylic acids is 2. The number of benzene rings is 2. The van der Waals surface area contributed by atoms with Crippen molar-refractivity contribution in [3.8, 4) is 0 Å². The molecule has 4 rings (SSSR count). The summed E-state index contributed by atoms with van der Waals surface area (Å²) in [4.78, 5) is 32.2. The van der Waals surface area contributed by atoms with E-state index in [-0.39, 0.29) is 11.8 Å². The molecule has 0 atom stereocenters. The molecule has 36 heavy (non-hydrogen) atoms. The smallest absolute Gasteiger partial charge is 0.242 e. The zero-order valence-corrected chi connectivity index (χ0v) is 22.0. The molecule has 192 valence electrons. The Morgan fingerprint density at radius 1 is 1.03 bits per heavy atom. The third-order valence-electron chi connectivity index (χ3n) is 7.25. The maximum absolute atomic E-state index is 13.2. The van der Waals surface area contributed by atoms with Crippen LogP contribution < -0.4 is 5.32 Å². The summed E-state index contributed by atoms with van der Waals surface area (Å²) in [5.74, 6) is 1.11. The summed E-state index contributed by atoms with van der Waals surface area (Å²) in [6, 6.07) is 15.9.